The van der Waals surface area contributed by atoms with Crippen molar-refractivity contribution >= 4 is 61.4 Å². The molecule has 0 aliphatic rings. The van der Waals surface area contributed by atoms with Gasteiger partial charge in [-0.05, 0) is 36.4 Å². The van der Waals surface area contributed by atoms with E-state index in [0.717, 1.165) is 29.3 Å². The van der Waals surface area contributed by atoms with E-state index in [-0.39, 0.29) is 22.8 Å². The molecule has 2 heterocycles. The Bertz CT molecular complexity index is 1370. The standard InChI is InChI=1S/C20H16ClN5O4S3/c1-33(28,29)26-15-8-4-13(5-9-15)18-24-25-20(30-18)32-11-17(27)23-19-22-16(10-31-19)12-2-6-14(21)7-3-12/h2-10,26H,11H2,1H3,(H,22,23,27). The normalized spacial score (nSPS) is 11.3. The van der Waals surface area contributed by atoms with E-state index in [1.54, 1.807) is 36.4 Å². The van der Waals surface area contributed by atoms with Crippen molar-refractivity contribution < 1.29 is 17.6 Å². The third-order valence-corrected chi connectivity index (χ3v) is 6.49. The second-order valence-electron chi connectivity index (χ2n) is 6.71. The summed E-state index contributed by atoms with van der Waals surface area (Å²) >= 11 is 8.33. The Morgan fingerprint density at radius 3 is 2.48 bits per heavy atom. The minimum atomic E-state index is -3.35. The number of hydrogen-bond donors (Lipinski definition) is 2. The predicted molar refractivity (Wildman–Crippen MR) is 130 cm³/mol. The minimum Gasteiger partial charge on any atom is -0.411 e. The maximum Gasteiger partial charge on any atom is 0.277 e. The van der Waals surface area contributed by atoms with E-state index < -0.39 is 10.0 Å². The molecular formula is C20H16ClN5O4S3. The van der Waals surface area contributed by atoms with Crippen LogP contribution in [-0.4, -0.2) is 41.5 Å². The predicted octanol–water partition coefficient (Wildman–Crippen LogP) is 4.62. The van der Waals surface area contributed by atoms with Gasteiger partial charge in [0.2, 0.25) is 21.8 Å². The van der Waals surface area contributed by atoms with Crippen LogP contribution in [0.5, 0.6) is 0 Å². The van der Waals surface area contributed by atoms with E-state index in [1.807, 2.05) is 17.5 Å². The van der Waals surface area contributed by atoms with Gasteiger partial charge in [-0.2, -0.15) is 0 Å². The highest BCUT2D eigenvalue weighted by Crippen LogP contribution is 2.27. The molecule has 0 unspecified atom stereocenters. The molecule has 2 aromatic heterocycles. The topological polar surface area (TPSA) is 127 Å². The lowest BCUT2D eigenvalue weighted by Crippen LogP contribution is -2.13. The molecule has 4 rings (SSSR count). The van der Waals surface area contributed by atoms with Gasteiger partial charge in [0.1, 0.15) is 0 Å². The zero-order valence-corrected chi connectivity index (χ0v) is 20.2. The maximum absolute atomic E-state index is 12.3. The number of benzene rings is 2. The van der Waals surface area contributed by atoms with E-state index in [0.29, 0.717) is 21.4 Å². The van der Waals surface area contributed by atoms with Gasteiger partial charge >= 0.3 is 0 Å². The van der Waals surface area contributed by atoms with Crippen molar-refractivity contribution in [2.45, 2.75) is 5.22 Å². The fourth-order valence-electron chi connectivity index (χ4n) is 2.65. The zero-order chi connectivity index (χ0) is 23.4. The molecule has 13 heteroatoms. The SMILES string of the molecule is CS(=O)(=O)Nc1ccc(-c2nnc(SCC(=O)Nc3nc(-c4ccc(Cl)cc4)cs3)o2)cc1. The van der Waals surface area contributed by atoms with Gasteiger partial charge in [-0.15, -0.1) is 21.5 Å². The number of sulfonamides is 1. The molecule has 9 nitrogen and oxygen atoms in total. The third-order valence-electron chi connectivity index (χ3n) is 4.06. The first-order chi connectivity index (χ1) is 15.7. The number of carbonyl (C=O) groups excluding carboxylic acids is 1. The zero-order valence-electron chi connectivity index (χ0n) is 17.0. The second kappa shape index (κ2) is 9.91. The van der Waals surface area contributed by atoms with Crippen LogP contribution in [0.25, 0.3) is 22.7 Å². The number of hydrogen-bond acceptors (Lipinski definition) is 9. The summed E-state index contributed by atoms with van der Waals surface area (Å²) in [5.41, 5.74) is 2.70. The van der Waals surface area contributed by atoms with Crippen molar-refractivity contribution in [2.75, 3.05) is 22.0 Å². The smallest absolute Gasteiger partial charge is 0.277 e. The number of thioether (sulfide) groups is 1. The quantitative estimate of drug-likeness (QED) is 0.322. The Balaban J connectivity index is 1.31. The van der Waals surface area contributed by atoms with Crippen molar-refractivity contribution in [3.63, 3.8) is 0 Å². The molecule has 0 atom stereocenters. The van der Waals surface area contributed by atoms with Crippen molar-refractivity contribution in [2.24, 2.45) is 0 Å². The molecule has 0 aliphatic heterocycles. The van der Waals surface area contributed by atoms with Crippen LogP contribution in [0.1, 0.15) is 0 Å². The summed E-state index contributed by atoms with van der Waals surface area (Å²) < 4.78 is 30.5. The Hall–Kier alpha value is -2.93. The number of anilines is 2. The molecule has 2 N–H and O–H groups in total. The molecule has 0 bridgehead atoms. The first kappa shape index (κ1) is 23.2. The fourth-order valence-corrected chi connectivity index (χ4v) is 4.64. The molecule has 33 heavy (non-hydrogen) atoms. The van der Waals surface area contributed by atoms with Gasteiger partial charge in [-0.1, -0.05) is 35.5 Å². The molecule has 0 saturated heterocycles. The lowest BCUT2D eigenvalue weighted by atomic mass is 10.2. The van der Waals surface area contributed by atoms with Gasteiger partial charge < -0.3 is 9.73 Å². The lowest BCUT2D eigenvalue weighted by Gasteiger charge is -2.03. The number of aromatic nitrogens is 3. The van der Waals surface area contributed by atoms with Crippen LogP contribution in [0, 0.1) is 0 Å². The number of halogens is 1. The Kier molecular flexibility index (Phi) is 6.98. The second-order valence-corrected chi connectivity index (χ2v) is 10.7. The van der Waals surface area contributed by atoms with Crippen LogP contribution < -0.4 is 10.0 Å². The summed E-state index contributed by atoms with van der Waals surface area (Å²) in [5, 5.41) is 13.9. The summed E-state index contributed by atoms with van der Waals surface area (Å²) in [6.45, 7) is 0. The van der Waals surface area contributed by atoms with Gasteiger partial charge in [0.15, 0.2) is 5.13 Å². The van der Waals surface area contributed by atoms with Gasteiger partial charge in [0, 0.05) is 27.2 Å². The largest absolute Gasteiger partial charge is 0.411 e. The molecule has 1 amide bonds. The summed E-state index contributed by atoms with van der Waals surface area (Å²) in [6, 6.07) is 13.8. The van der Waals surface area contributed by atoms with Crippen LogP contribution in [0.4, 0.5) is 10.8 Å². The van der Waals surface area contributed by atoms with E-state index in [9.17, 15) is 13.2 Å². The van der Waals surface area contributed by atoms with Crippen molar-refractivity contribution in [3.8, 4) is 22.7 Å². The molecule has 4 aromatic rings. The maximum atomic E-state index is 12.3. The third kappa shape index (κ3) is 6.54. The van der Waals surface area contributed by atoms with E-state index in [4.69, 9.17) is 16.0 Å². The molecule has 170 valence electrons. The van der Waals surface area contributed by atoms with E-state index in [2.05, 4.69) is 25.2 Å². The summed E-state index contributed by atoms with van der Waals surface area (Å²) in [6.07, 6.45) is 1.08. The fraction of sp³-hybridized carbons (Fsp3) is 0.100. The number of nitrogens with one attached hydrogen (secondary N) is 2. The number of carbonyl (C=O) groups is 1. The molecular weight excluding hydrogens is 506 g/mol. The highest BCUT2D eigenvalue weighted by Gasteiger charge is 2.13. The average Bonchev–Trinajstić information content (AvgIpc) is 3.42. The van der Waals surface area contributed by atoms with Crippen LogP contribution in [0.2, 0.25) is 5.02 Å². The van der Waals surface area contributed by atoms with E-state index >= 15 is 0 Å². The van der Waals surface area contributed by atoms with Gasteiger partial charge in [-0.25, -0.2) is 13.4 Å². The van der Waals surface area contributed by atoms with Gasteiger partial charge in [0.05, 0.1) is 17.7 Å². The lowest BCUT2D eigenvalue weighted by molar-refractivity contribution is -0.113. The number of nitrogens with zero attached hydrogens (tertiary/aromatic N) is 3. The number of amides is 1. The highest BCUT2D eigenvalue weighted by molar-refractivity contribution is 7.99. The van der Waals surface area contributed by atoms with Crippen molar-refractivity contribution in [1.29, 1.82) is 0 Å². The van der Waals surface area contributed by atoms with Crippen molar-refractivity contribution in [3.05, 3.63) is 58.9 Å². The molecule has 0 aliphatic carbocycles. The Morgan fingerprint density at radius 2 is 1.79 bits per heavy atom. The molecule has 0 fully saturated rings. The van der Waals surface area contributed by atoms with Crippen LogP contribution in [0.15, 0.2) is 63.6 Å². The minimum absolute atomic E-state index is 0.0642. The molecule has 2 aromatic carbocycles. The highest BCUT2D eigenvalue weighted by atomic mass is 35.5. The Labute approximate surface area is 202 Å². The molecule has 0 spiro atoms. The van der Waals surface area contributed by atoms with Crippen LogP contribution in [-0.2, 0) is 14.8 Å². The van der Waals surface area contributed by atoms with E-state index in [1.165, 1.54) is 11.3 Å². The number of thiazole rings is 1. The first-order valence-electron chi connectivity index (χ1n) is 9.31. The van der Waals surface area contributed by atoms with Gasteiger partial charge in [0.25, 0.3) is 5.22 Å². The summed E-state index contributed by atoms with van der Waals surface area (Å²) in [7, 11) is -3.35. The van der Waals surface area contributed by atoms with Gasteiger partial charge in [-0.3, -0.25) is 9.52 Å². The molecule has 0 saturated carbocycles. The van der Waals surface area contributed by atoms with Crippen LogP contribution >= 0.6 is 34.7 Å². The number of rotatable bonds is 8. The molecule has 0 radical (unpaired) electrons. The first-order valence-corrected chi connectivity index (χ1v) is 13.4. The average molecular weight is 522 g/mol. The summed E-state index contributed by atoms with van der Waals surface area (Å²) in [5.74, 6) is 0.0682. The monoisotopic (exact) mass is 521 g/mol. The Morgan fingerprint density at radius 1 is 1.09 bits per heavy atom. The summed E-state index contributed by atoms with van der Waals surface area (Å²) in [4.78, 5) is 16.7. The van der Waals surface area contributed by atoms with Crippen LogP contribution in [0.3, 0.4) is 0 Å². The van der Waals surface area contributed by atoms with Crippen molar-refractivity contribution in [1.82, 2.24) is 15.2 Å².